The van der Waals surface area contributed by atoms with Crippen LogP contribution in [0.25, 0.3) is 0 Å². The van der Waals surface area contributed by atoms with Gasteiger partial charge in [-0.15, -0.1) is 0 Å². The largest absolute Gasteiger partial charge is 0.496 e. The number of ether oxygens (including phenoxy) is 1. The van der Waals surface area contributed by atoms with Gasteiger partial charge in [-0.3, -0.25) is 4.79 Å². The van der Waals surface area contributed by atoms with E-state index in [1.165, 1.54) is 29.6 Å². The Morgan fingerprint density at radius 3 is 2.71 bits per heavy atom. The monoisotopic (exact) mass is 311 g/mol. The molecule has 114 valence electrons. The molecule has 0 bridgehead atoms. The van der Waals surface area contributed by atoms with Gasteiger partial charge in [0.25, 0.3) is 0 Å². The Kier molecular flexibility index (Phi) is 4.34. The number of hydrogen-bond acceptors (Lipinski definition) is 4. The Morgan fingerprint density at radius 1 is 1.48 bits per heavy atom. The lowest BCUT2D eigenvalue weighted by Gasteiger charge is -2.16. The molecular formula is C14H17NO5S. The van der Waals surface area contributed by atoms with Crippen molar-refractivity contribution in [3.63, 3.8) is 0 Å². The number of carbonyl (C=O) groups is 1. The summed E-state index contributed by atoms with van der Waals surface area (Å²) in [5.41, 5.74) is 1.21. The third kappa shape index (κ3) is 3.25. The molecule has 2 rings (SSSR count). The summed E-state index contributed by atoms with van der Waals surface area (Å²) in [6, 6.07) is 4.28. The van der Waals surface area contributed by atoms with Crippen molar-refractivity contribution in [3.8, 4) is 5.75 Å². The maximum absolute atomic E-state index is 12.5. The van der Waals surface area contributed by atoms with Gasteiger partial charge in [-0.2, -0.15) is 4.31 Å². The first kappa shape index (κ1) is 15.5. The molecule has 1 aromatic rings. The van der Waals surface area contributed by atoms with E-state index in [0.29, 0.717) is 30.8 Å². The summed E-state index contributed by atoms with van der Waals surface area (Å²) in [6.45, 7) is 4.50. The minimum Gasteiger partial charge on any atom is -0.496 e. The average Bonchev–Trinajstić information content (AvgIpc) is 2.85. The molecule has 1 aliphatic rings. The second-order valence-corrected chi connectivity index (χ2v) is 6.82. The highest BCUT2D eigenvalue weighted by Crippen LogP contribution is 2.27. The Morgan fingerprint density at radius 2 is 2.19 bits per heavy atom. The standard InChI is InChI=1S/C14H17NO5S/c1-10-5-6-15(9-10)21(18,19)12-3-4-13(20-2)11(7-12)8-14(16)17/h3-4,7H,1,5-6,8-9H2,2H3,(H,16,17). The first-order valence-corrected chi connectivity index (χ1v) is 7.84. The number of benzene rings is 1. The molecule has 21 heavy (non-hydrogen) atoms. The fourth-order valence-corrected chi connectivity index (χ4v) is 3.77. The maximum Gasteiger partial charge on any atom is 0.307 e. The smallest absolute Gasteiger partial charge is 0.307 e. The summed E-state index contributed by atoms with van der Waals surface area (Å²) >= 11 is 0. The molecule has 1 saturated heterocycles. The van der Waals surface area contributed by atoms with Crippen LogP contribution in [-0.2, 0) is 21.2 Å². The fraction of sp³-hybridized carbons (Fsp3) is 0.357. The van der Waals surface area contributed by atoms with E-state index in [2.05, 4.69) is 6.58 Å². The van der Waals surface area contributed by atoms with Crippen LogP contribution < -0.4 is 4.74 Å². The number of rotatable bonds is 5. The van der Waals surface area contributed by atoms with Crippen LogP contribution in [-0.4, -0.2) is 44.0 Å². The third-order valence-electron chi connectivity index (χ3n) is 3.35. The quantitative estimate of drug-likeness (QED) is 0.828. The molecule has 1 aromatic carbocycles. The van der Waals surface area contributed by atoms with Crippen molar-refractivity contribution in [2.75, 3.05) is 20.2 Å². The van der Waals surface area contributed by atoms with E-state index in [1.807, 2.05) is 0 Å². The predicted molar refractivity (Wildman–Crippen MR) is 76.8 cm³/mol. The van der Waals surface area contributed by atoms with Crippen LogP contribution in [0.4, 0.5) is 0 Å². The van der Waals surface area contributed by atoms with E-state index >= 15 is 0 Å². The average molecular weight is 311 g/mol. The molecule has 6 nitrogen and oxygen atoms in total. The molecule has 0 amide bonds. The molecule has 1 N–H and O–H groups in total. The molecule has 1 fully saturated rings. The van der Waals surface area contributed by atoms with Crippen LogP contribution in [0.1, 0.15) is 12.0 Å². The number of carboxylic acids is 1. The summed E-state index contributed by atoms with van der Waals surface area (Å²) in [4.78, 5) is 10.9. The second kappa shape index (κ2) is 5.87. The summed E-state index contributed by atoms with van der Waals surface area (Å²) in [5.74, 6) is -0.681. The van der Waals surface area contributed by atoms with Gasteiger partial charge < -0.3 is 9.84 Å². The maximum atomic E-state index is 12.5. The molecule has 1 heterocycles. The van der Waals surface area contributed by atoms with Crippen LogP contribution in [0.15, 0.2) is 35.2 Å². The number of carboxylic acid groups (broad SMARTS) is 1. The highest BCUT2D eigenvalue weighted by atomic mass is 32.2. The molecule has 0 radical (unpaired) electrons. The van der Waals surface area contributed by atoms with Gasteiger partial charge in [-0.1, -0.05) is 12.2 Å². The Bertz CT molecular complexity index is 681. The Labute approximate surface area is 123 Å². The SMILES string of the molecule is C=C1CCN(S(=O)(=O)c2ccc(OC)c(CC(=O)O)c2)C1. The van der Waals surface area contributed by atoms with Crippen LogP contribution in [0.3, 0.4) is 0 Å². The normalized spacial score (nSPS) is 16.1. The van der Waals surface area contributed by atoms with Crippen LogP contribution >= 0.6 is 0 Å². The number of nitrogens with zero attached hydrogens (tertiary/aromatic N) is 1. The summed E-state index contributed by atoms with van der Waals surface area (Å²) in [5, 5.41) is 8.90. The summed E-state index contributed by atoms with van der Waals surface area (Å²) in [6.07, 6.45) is 0.358. The molecule has 0 atom stereocenters. The van der Waals surface area contributed by atoms with Crippen LogP contribution in [0, 0.1) is 0 Å². The molecule has 1 aliphatic heterocycles. The number of hydrogen-bond donors (Lipinski definition) is 1. The first-order valence-electron chi connectivity index (χ1n) is 6.40. The molecule has 0 unspecified atom stereocenters. The molecule has 0 aliphatic carbocycles. The van der Waals surface area contributed by atoms with Gasteiger partial charge in [0.1, 0.15) is 5.75 Å². The summed E-state index contributed by atoms with van der Waals surface area (Å²) in [7, 11) is -2.21. The molecule has 0 saturated carbocycles. The Hall–Kier alpha value is -1.86. The lowest BCUT2D eigenvalue weighted by molar-refractivity contribution is -0.136. The van der Waals surface area contributed by atoms with Gasteiger partial charge >= 0.3 is 5.97 Å². The topological polar surface area (TPSA) is 83.9 Å². The molecule has 0 aromatic heterocycles. The van der Waals surface area contributed by atoms with Crippen molar-refractivity contribution < 1.29 is 23.1 Å². The molecule has 7 heteroatoms. The van der Waals surface area contributed by atoms with Gasteiger partial charge in [-0.05, 0) is 24.6 Å². The van der Waals surface area contributed by atoms with Gasteiger partial charge in [0.2, 0.25) is 10.0 Å². The second-order valence-electron chi connectivity index (χ2n) is 4.88. The van der Waals surface area contributed by atoms with Crippen molar-refractivity contribution in [1.82, 2.24) is 4.31 Å². The Balaban J connectivity index is 2.39. The highest BCUT2D eigenvalue weighted by molar-refractivity contribution is 7.89. The van der Waals surface area contributed by atoms with Crippen molar-refractivity contribution in [2.45, 2.75) is 17.7 Å². The lowest BCUT2D eigenvalue weighted by Crippen LogP contribution is -2.28. The van der Waals surface area contributed by atoms with E-state index in [9.17, 15) is 13.2 Å². The van der Waals surface area contributed by atoms with E-state index in [-0.39, 0.29) is 11.3 Å². The van der Waals surface area contributed by atoms with Crippen molar-refractivity contribution in [1.29, 1.82) is 0 Å². The van der Waals surface area contributed by atoms with Gasteiger partial charge in [0, 0.05) is 18.7 Å². The van der Waals surface area contributed by atoms with Crippen molar-refractivity contribution in [3.05, 3.63) is 35.9 Å². The van der Waals surface area contributed by atoms with Gasteiger partial charge in [-0.25, -0.2) is 8.42 Å². The fourth-order valence-electron chi connectivity index (χ4n) is 2.26. The molecule has 0 spiro atoms. The van der Waals surface area contributed by atoms with Crippen molar-refractivity contribution >= 4 is 16.0 Å². The zero-order valence-corrected chi connectivity index (χ0v) is 12.5. The number of aliphatic carboxylic acids is 1. The lowest BCUT2D eigenvalue weighted by atomic mass is 10.1. The van der Waals surface area contributed by atoms with Gasteiger partial charge in [0.15, 0.2) is 0 Å². The number of sulfonamides is 1. The highest BCUT2D eigenvalue weighted by Gasteiger charge is 2.29. The van der Waals surface area contributed by atoms with E-state index < -0.39 is 16.0 Å². The van der Waals surface area contributed by atoms with Gasteiger partial charge in [0.05, 0.1) is 18.4 Å². The zero-order chi connectivity index (χ0) is 15.6. The van der Waals surface area contributed by atoms with Crippen LogP contribution in [0.2, 0.25) is 0 Å². The predicted octanol–water partition coefficient (Wildman–Crippen LogP) is 1.27. The van der Waals surface area contributed by atoms with E-state index in [0.717, 1.165) is 5.57 Å². The first-order chi connectivity index (χ1) is 9.84. The van der Waals surface area contributed by atoms with E-state index in [1.54, 1.807) is 0 Å². The zero-order valence-electron chi connectivity index (χ0n) is 11.7. The minimum absolute atomic E-state index is 0.0780. The summed E-state index contributed by atoms with van der Waals surface area (Å²) < 4.78 is 31.4. The molecular weight excluding hydrogens is 294 g/mol. The van der Waals surface area contributed by atoms with Crippen molar-refractivity contribution in [2.24, 2.45) is 0 Å². The minimum atomic E-state index is -3.63. The third-order valence-corrected chi connectivity index (χ3v) is 5.19. The number of methoxy groups -OCH3 is 1. The van der Waals surface area contributed by atoms with E-state index in [4.69, 9.17) is 9.84 Å². The van der Waals surface area contributed by atoms with Crippen LogP contribution in [0.5, 0.6) is 5.75 Å².